The SMILES string of the molecule is CN1c2nccc(N)c2N=C(c2cccc(C#N)c2)C1O. The number of hydrogen-bond donors (Lipinski definition) is 2. The Kier molecular flexibility index (Phi) is 3.05. The molecule has 0 fully saturated rings. The van der Waals surface area contributed by atoms with Gasteiger partial charge in [-0.1, -0.05) is 12.1 Å². The van der Waals surface area contributed by atoms with Crippen molar-refractivity contribution >= 4 is 22.9 Å². The number of anilines is 2. The van der Waals surface area contributed by atoms with E-state index in [0.717, 1.165) is 0 Å². The van der Waals surface area contributed by atoms with Gasteiger partial charge in [0.2, 0.25) is 0 Å². The van der Waals surface area contributed by atoms with E-state index in [1.807, 2.05) is 0 Å². The lowest BCUT2D eigenvalue weighted by atomic mass is 10.0. The van der Waals surface area contributed by atoms with Crippen LogP contribution < -0.4 is 10.6 Å². The zero-order valence-corrected chi connectivity index (χ0v) is 11.4. The summed E-state index contributed by atoms with van der Waals surface area (Å²) in [5.41, 5.74) is 8.60. The van der Waals surface area contributed by atoms with E-state index in [0.29, 0.717) is 34.0 Å². The Morgan fingerprint density at radius 1 is 1.38 bits per heavy atom. The molecule has 6 heteroatoms. The number of likely N-dealkylation sites (N-methyl/N-ethyl adjacent to an activating group) is 1. The second-order valence-electron chi connectivity index (χ2n) is 4.75. The summed E-state index contributed by atoms with van der Waals surface area (Å²) < 4.78 is 0. The van der Waals surface area contributed by atoms with Crippen molar-refractivity contribution in [1.29, 1.82) is 5.26 Å². The number of aliphatic hydroxyl groups excluding tert-OH is 1. The quantitative estimate of drug-likeness (QED) is 0.822. The minimum atomic E-state index is -0.944. The van der Waals surface area contributed by atoms with Gasteiger partial charge in [-0.3, -0.25) is 0 Å². The summed E-state index contributed by atoms with van der Waals surface area (Å²) in [5.74, 6) is 0.530. The van der Waals surface area contributed by atoms with E-state index in [-0.39, 0.29) is 0 Å². The maximum absolute atomic E-state index is 10.4. The number of benzene rings is 1. The summed E-state index contributed by atoms with van der Waals surface area (Å²) in [6, 6.07) is 10.7. The van der Waals surface area contributed by atoms with Gasteiger partial charge in [0.25, 0.3) is 0 Å². The minimum Gasteiger partial charge on any atom is -0.397 e. The van der Waals surface area contributed by atoms with Crippen molar-refractivity contribution in [2.24, 2.45) is 4.99 Å². The van der Waals surface area contributed by atoms with Gasteiger partial charge in [-0.15, -0.1) is 0 Å². The van der Waals surface area contributed by atoms with Crippen LogP contribution in [-0.4, -0.2) is 29.1 Å². The highest BCUT2D eigenvalue weighted by Crippen LogP contribution is 2.36. The average Bonchev–Trinajstić information content (AvgIpc) is 2.51. The van der Waals surface area contributed by atoms with Gasteiger partial charge in [-0.05, 0) is 18.2 Å². The maximum Gasteiger partial charge on any atom is 0.172 e. The zero-order valence-electron chi connectivity index (χ0n) is 11.4. The lowest BCUT2D eigenvalue weighted by Crippen LogP contribution is -2.41. The normalized spacial score (nSPS) is 16.9. The highest BCUT2D eigenvalue weighted by atomic mass is 16.3. The molecule has 104 valence electrons. The summed E-state index contributed by atoms with van der Waals surface area (Å²) >= 11 is 0. The number of aliphatic imine (C=N–C) groups is 1. The molecule has 0 spiro atoms. The third kappa shape index (κ3) is 2.10. The number of fused-ring (bicyclic) bond motifs is 1. The summed E-state index contributed by atoms with van der Waals surface area (Å²) in [5, 5.41) is 19.4. The van der Waals surface area contributed by atoms with Gasteiger partial charge in [0.05, 0.1) is 23.0 Å². The largest absolute Gasteiger partial charge is 0.397 e. The van der Waals surface area contributed by atoms with Crippen LogP contribution >= 0.6 is 0 Å². The van der Waals surface area contributed by atoms with Crippen molar-refractivity contribution in [1.82, 2.24) is 4.98 Å². The van der Waals surface area contributed by atoms with Crippen LogP contribution in [-0.2, 0) is 0 Å². The van der Waals surface area contributed by atoms with E-state index in [1.54, 1.807) is 48.5 Å². The standard InChI is InChI=1S/C15H13N5O/c1-20-14-13(11(17)5-6-18-14)19-12(15(20)21)10-4-2-3-9(7-10)8-16/h2-7,15,21H,1H3,(H2,17,18). The monoisotopic (exact) mass is 279 g/mol. The van der Waals surface area contributed by atoms with Gasteiger partial charge in [-0.2, -0.15) is 5.26 Å². The van der Waals surface area contributed by atoms with Gasteiger partial charge in [0.1, 0.15) is 5.69 Å². The van der Waals surface area contributed by atoms with Crippen LogP contribution in [0, 0.1) is 11.3 Å². The first-order valence-electron chi connectivity index (χ1n) is 6.36. The topological polar surface area (TPSA) is 98.5 Å². The molecule has 0 amide bonds. The molecule has 3 N–H and O–H groups in total. The molecule has 1 aliphatic rings. The second kappa shape index (κ2) is 4.89. The molecule has 0 radical (unpaired) electrons. The van der Waals surface area contributed by atoms with Gasteiger partial charge < -0.3 is 15.7 Å². The molecule has 3 rings (SSSR count). The van der Waals surface area contributed by atoms with E-state index >= 15 is 0 Å². The van der Waals surface area contributed by atoms with Crippen molar-refractivity contribution < 1.29 is 5.11 Å². The van der Waals surface area contributed by atoms with Crippen LogP contribution in [0.3, 0.4) is 0 Å². The van der Waals surface area contributed by atoms with E-state index in [4.69, 9.17) is 11.0 Å². The molecule has 2 aromatic rings. The van der Waals surface area contributed by atoms with E-state index in [1.165, 1.54) is 0 Å². The molecule has 1 aromatic carbocycles. The minimum absolute atomic E-state index is 0.446. The van der Waals surface area contributed by atoms with Crippen LogP contribution in [0.25, 0.3) is 0 Å². The first kappa shape index (κ1) is 13.1. The van der Waals surface area contributed by atoms with Crippen LogP contribution in [0.1, 0.15) is 11.1 Å². The summed E-state index contributed by atoms with van der Waals surface area (Å²) in [4.78, 5) is 10.3. The molecule has 1 aliphatic heterocycles. The Balaban J connectivity index is 2.18. The first-order chi connectivity index (χ1) is 10.1. The maximum atomic E-state index is 10.4. The lowest BCUT2D eigenvalue weighted by Gasteiger charge is -2.31. The molecule has 21 heavy (non-hydrogen) atoms. The van der Waals surface area contributed by atoms with Crippen molar-refractivity contribution in [3.8, 4) is 6.07 Å². The van der Waals surface area contributed by atoms with Gasteiger partial charge >= 0.3 is 0 Å². The number of nitrogen functional groups attached to an aromatic ring is 1. The molecular formula is C15H13N5O. The van der Waals surface area contributed by atoms with Crippen LogP contribution in [0.5, 0.6) is 0 Å². The number of nitrogens with zero attached hydrogens (tertiary/aromatic N) is 4. The third-order valence-electron chi connectivity index (χ3n) is 3.40. The van der Waals surface area contributed by atoms with Crippen molar-refractivity contribution in [3.05, 3.63) is 47.7 Å². The first-order valence-corrected chi connectivity index (χ1v) is 6.36. The predicted molar refractivity (Wildman–Crippen MR) is 80.4 cm³/mol. The Morgan fingerprint density at radius 3 is 2.95 bits per heavy atom. The summed E-state index contributed by atoms with van der Waals surface area (Å²) in [6.07, 6.45) is 0.634. The number of aliphatic hydroxyl groups is 1. The fourth-order valence-electron chi connectivity index (χ4n) is 2.27. The Bertz CT molecular complexity index is 778. The molecule has 1 aromatic heterocycles. The molecule has 0 bridgehead atoms. The van der Waals surface area contributed by atoms with Crippen LogP contribution in [0.4, 0.5) is 17.2 Å². The Morgan fingerprint density at radius 2 is 2.19 bits per heavy atom. The molecule has 0 saturated carbocycles. The number of rotatable bonds is 1. The fourth-order valence-corrected chi connectivity index (χ4v) is 2.27. The zero-order chi connectivity index (χ0) is 15.0. The van der Waals surface area contributed by atoms with E-state index in [9.17, 15) is 5.11 Å². The number of nitrogens with two attached hydrogens (primary N) is 1. The van der Waals surface area contributed by atoms with Crippen LogP contribution in [0.15, 0.2) is 41.5 Å². The molecule has 0 saturated heterocycles. The van der Waals surface area contributed by atoms with Gasteiger partial charge in [0, 0.05) is 18.8 Å². The highest BCUT2D eigenvalue weighted by Gasteiger charge is 2.28. The lowest BCUT2D eigenvalue weighted by molar-refractivity contribution is 0.240. The van der Waals surface area contributed by atoms with Crippen molar-refractivity contribution in [3.63, 3.8) is 0 Å². The molecule has 6 nitrogen and oxygen atoms in total. The van der Waals surface area contributed by atoms with E-state index in [2.05, 4.69) is 16.0 Å². The van der Waals surface area contributed by atoms with Gasteiger partial charge in [-0.25, -0.2) is 9.98 Å². The van der Waals surface area contributed by atoms with Gasteiger partial charge in [0.15, 0.2) is 12.0 Å². The molecular weight excluding hydrogens is 266 g/mol. The number of hydrogen-bond acceptors (Lipinski definition) is 6. The van der Waals surface area contributed by atoms with Crippen molar-refractivity contribution in [2.75, 3.05) is 17.7 Å². The number of aromatic nitrogens is 1. The summed E-state index contributed by atoms with van der Waals surface area (Å²) in [6.45, 7) is 0. The van der Waals surface area contributed by atoms with Crippen LogP contribution in [0.2, 0.25) is 0 Å². The highest BCUT2D eigenvalue weighted by molar-refractivity contribution is 6.09. The molecule has 1 unspecified atom stereocenters. The van der Waals surface area contributed by atoms with E-state index < -0.39 is 6.23 Å². The molecule has 2 heterocycles. The average molecular weight is 279 g/mol. The second-order valence-corrected chi connectivity index (χ2v) is 4.75. The summed E-state index contributed by atoms with van der Waals surface area (Å²) in [7, 11) is 1.72. The Labute approximate surface area is 121 Å². The fraction of sp³-hybridized carbons (Fsp3) is 0.133. The third-order valence-corrected chi connectivity index (χ3v) is 3.40. The molecule has 1 atom stereocenters. The molecule has 0 aliphatic carbocycles. The number of nitriles is 1. The predicted octanol–water partition coefficient (Wildman–Crippen LogP) is 1.42. The smallest absolute Gasteiger partial charge is 0.172 e. The van der Waals surface area contributed by atoms with Crippen molar-refractivity contribution in [2.45, 2.75) is 6.23 Å². The number of pyridine rings is 1. The Hall–Kier alpha value is -2.91.